The molecule has 2 N–H and O–H groups in total. The summed E-state index contributed by atoms with van der Waals surface area (Å²) in [6.07, 6.45) is 0. The summed E-state index contributed by atoms with van der Waals surface area (Å²) >= 11 is 0. The first-order valence-electron chi connectivity index (χ1n) is 6.40. The molecule has 1 rings (SSSR count). The fraction of sp³-hybridized carbons (Fsp3) is 0.429. The van der Waals surface area contributed by atoms with Crippen LogP contribution in [0.15, 0.2) is 29.3 Å². The maximum Gasteiger partial charge on any atom is 0.337 e. The Balaban J connectivity index is 2.66. The third kappa shape index (κ3) is 4.99. The molecule has 0 spiro atoms. The molecule has 104 valence electrons. The van der Waals surface area contributed by atoms with Crippen LogP contribution in [0.1, 0.15) is 29.8 Å². The van der Waals surface area contributed by atoms with Crippen LogP contribution in [0.2, 0.25) is 0 Å². The van der Waals surface area contributed by atoms with E-state index in [-0.39, 0.29) is 5.97 Å². The maximum atomic E-state index is 11.3. The van der Waals surface area contributed by atoms with Gasteiger partial charge in [-0.3, -0.25) is 0 Å². The Bertz CT molecular complexity index is 419. The highest BCUT2D eigenvalue weighted by molar-refractivity contribution is 5.89. The molecule has 19 heavy (non-hydrogen) atoms. The monoisotopic (exact) mass is 263 g/mol. The third-order valence-corrected chi connectivity index (χ3v) is 2.48. The topological polar surface area (TPSA) is 62.7 Å². The number of hydrogen-bond donors (Lipinski definition) is 2. The van der Waals surface area contributed by atoms with Gasteiger partial charge in [0.1, 0.15) is 0 Å². The van der Waals surface area contributed by atoms with Gasteiger partial charge in [0.25, 0.3) is 0 Å². The van der Waals surface area contributed by atoms with E-state index in [9.17, 15) is 4.79 Å². The molecule has 0 aliphatic rings. The predicted octanol–water partition coefficient (Wildman–Crippen LogP) is 1.55. The van der Waals surface area contributed by atoms with E-state index >= 15 is 0 Å². The summed E-state index contributed by atoms with van der Waals surface area (Å²) < 4.78 is 4.65. The van der Waals surface area contributed by atoms with Crippen molar-refractivity contribution in [1.82, 2.24) is 10.6 Å². The first kappa shape index (κ1) is 15.0. The molecule has 0 fully saturated rings. The van der Waals surface area contributed by atoms with E-state index in [1.165, 1.54) is 7.11 Å². The SMILES string of the molecule is CCNC(=NCc1ccc(C(=O)OC)cc1)NCC. The van der Waals surface area contributed by atoms with Crippen LogP contribution in [0.4, 0.5) is 0 Å². The van der Waals surface area contributed by atoms with Crippen molar-refractivity contribution in [1.29, 1.82) is 0 Å². The van der Waals surface area contributed by atoms with Crippen molar-refractivity contribution in [3.63, 3.8) is 0 Å². The minimum atomic E-state index is -0.323. The van der Waals surface area contributed by atoms with E-state index in [2.05, 4.69) is 20.4 Å². The van der Waals surface area contributed by atoms with Crippen molar-refractivity contribution >= 4 is 11.9 Å². The van der Waals surface area contributed by atoms with Gasteiger partial charge in [0.05, 0.1) is 19.2 Å². The lowest BCUT2D eigenvalue weighted by Gasteiger charge is -2.09. The van der Waals surface area contributed by atoms with Crippen LogP contribution in [0.25, 0.3) is 0 Å². The van der Waals surface area contributed by atoms with Gasteiger partial charge in [0, 0.05) is 13.1 Å². The van der Waals surface area contributed by atoms with Gasteiger partial charge in [-0.1, -0.05) is 12.1 Å². The van der Waals surface area contributed by atoms with E-state index in [0.29, 0.717) is 12.1 Å². The maximum absolute atomic E-state index is 11.3. The number of carbonyl (C=O) groups is 1. The van der Waals surface area contributed by atoms with Gasteiger partial charge in [-0.05, 0) is 31.5 Å². The van der Waals surface area contributed by atoms with E-state index in [4.69, 9.17) is 0 Å². The van der Waals surface area contributed by atoms with E-state index in [1.807, 2.05) is 26.0 Å². The Hall–Kier alpha value is -2.04. The second kappa shape index (κ2) is 8.13. The van der Waals surface area contributed by atoms with Gasteiger partial charge >= 0.3 is 5.97 Å². The van der Waals surface area contributed by atoms with Gasteiger partial charge in [-0.15, -0.1) is 0 Å². The zero-order chi connectivity index (χ0) is 14.1. The number of esters is 1. The summed E-state index contributed by atoms with van der Waals surface area (Å²) in [5.41, 5.74) is 1.59. The fourth-order valence-corrected chi connectivity index (χ4v) is 1.54. The number of benzene rings is 1. The molecule has 0 amide bonds. The summed E-state index contributed by atoms with van der Waals surface area (Å²) in [6.45, 7) is 6.27. The summed E-state index contributed by atoms with van der Waals surface area (Å²) in [4.78, 5) is 15.7. The second-order valence-corrected chi connectivity index (χ2v) is 3.91. The molecule has 0 unspecified atom stereocenters. The molecule has 0 aliphatic heterocycles. The number of nitrogens with one attached hydrogen (secondary N) is 2. The number of methoxy groups -OCH3 is 1. The number of carbonyl (C=O) groups excluding carboxylic acids is 1. The molecular formula is C14H21N3O2. The van der Waals surface area contributed by atoms with Crippen LogP contribution in [0.3, 0.4) is 0 Å². The molecule has 1 aromatic carbocycles. The standard InChI is InChI=1S/C14H21N3O2/c1-4-15-14(16-5-2)17-10-11-6-8-12(9-7-11)13(18)19-3/h6-9H,4-5,10H2,1-3H3,(H2,15,16,17). The Morgan fingerprint density at radius 2 is 1.74 bits per heavy atom. The molecule has 0 saturated carbocycles. The summed E-state index contributed by atoms with van der Waals surface area (Å²) in [6, 6.07) is 7.25. The normalized spacial score (nSPS) is 9.63. The Morgan fingerprint density at radius 1 is 1.16 bits per heavy atom. The first-order valence-corrected chi connectivity index (χ1v) is 6.40. The average Bonchev–Trinajstić information content (AvgIpc) is 2.45. The molecule has 0 radical (unpaired) electrons. The van der Waals surface area contributed by atoms with Crippen molar-refractivity contribution in [2.45, 2.75) is 20.4 Å². The van der Waals surface area contributed by atoms with E-state index in [1.54, 1.807) is 12.1 Å². The average molecular weight is 263 g/mol. The number of hydrogen-bond acceptors (Lipinski definition) is 3. The van der Waals surface area contributed by atoms with Crippen molar-refractivity contribution in [2.75, 3.05) is 20.2 Å². The Labute approximate surface area is 114 Å². The zero-order valence-corrected chi connectivity index (χ0v) is 11.7. The predicted molar refractivity (Wildman–Crippen MR) is 76.3 cm³/mol. The van der Waals surface area contributed by atoms with Crippen LogP contribution in [0.5, 0.6) is 0 Å². The lowest BCUT2D eigenvalue weighted by molar-refractivity contribution is 0.0600. The molecule has 0 atom stereocenters. The lowest BCUT2D eigenvalue weighted by atomic mass is 10.1. The molecule has 0 aromatic heterocycles. The number of aliphatic imine (C=N–C) groups is 1. The molecule has 0 heterocycles. The molecule has 1 aromatic rings. The smallest absolute Gasteiger partial charge is 0.337 e. The quantitative estimate of drug-likeness (QED) is 0.480. The van der Waals surface area contributed by atoms with Gasteiger partial charge in [-0.25, -0.2) is 9.79 Å². The van der Waals surface area contributed by atoms with Crippen LogP contribution >= 0.6 is 0 Å². The number of nitrogens with zero attached hydrogens (tertiary/aromatic N) is 1. The highest BCUT2D eigenvalue weighted by Crippen LogP contribution is 2.06. The Kier molecular flexibility index (Phi) is 6.43. The minimum absolute atomic E-state index is 0.323. The van der Waals surface area contributed by atoms with Crippen LogP contribution in [-0.2, 0) is 11.3 Å². The summed E-state index contributed by atoms with van der Waals surface area (Å²) in [5, 5.41) is 6.31. The first-order chi connectivity index (χ1) is 9.21. The largest absolute Gasteiger partial charge is 0.465 e. The fourth-order valence-electron chi connectivity index (χ4n) is 1.54. The molecule has 0 bridgehead atoms. The van der Waals surface area contributed by atoms with Crippen molar-refractivity contribution in [3.8, 4) is 0 Å². The minimum Gasteiger partial charge on any atom is -0.465 e. The number of guanidine groups is 1. The van der Waals surface area contributed by atoms with Crippen molar-refractivity contribution < 1.29 is 9.53 Å². The molecule has 0 saturated heterocycles. The zero-order valence-electron chi connectivity index (χ0n) is 11.7. The van der Waals surface area contributed by atoms with Gasteiger partial charge in [0.15, 0.2) is 5.96 Å². The van der Waals surface area contributed by atoms with Crippen molar-refractivity contribution in [3.05, 3.63) is 35.4 Å². The number of rotatable bonds is 5. The van der Waals surface area contributed by atoms with Gasteiger partial charge < -0.3 is 15.4 Å². The second-order valence-electron chi connectivity index (χ2n) is 3.91. The van der Waals surface area contributed by atoms with Gasteiger partial charge in [0.2, 0.25) is 0 Å². The highest BCUT2D eigenvalue weighted by Gasteiger charge is 2.04. The van der Waals surface area contributed by atoms with Gasteiger partial charge in [-0.2, -0.15) is 0 Å². The molecule has 0 aliphatic carbocycles. The van der Waals surface area contributed by atoms with Crippen molar-refractivity contribution in [2.24, 2.45) is 4.99 Å². The summed E-state index contributed by atoms with van der Waals surface area (Å²) in [7, 11) is 1.37. The van der Waals surface area contributed by atoms with Crippen LogP contribution in [0, 0.1) is 0 Å². The van der Waals surface area contributed by atoms with Crippen LogP contribution in [-0.4, -0.2) is 32.1 Å². The third-order valence-electron chi connectivity index (χ3n) is 2.48. The molecule has 5 heteroatoms. The highest BCUT2D eigenvalue weighted by atomic mass is 16.5. The molecular weight excluding hydrogens is 242 g/mol. The number of ether oxygens (including phenoxy) is 1. The lowest BCUT2D eigenvalue weighted by Crippen LogP contribution is -2.36. The van der Waals surface area contributed by atoms with E-state index < -0.39 is 0 Å². The summed E-state index contributed by atoms with van der Waals surface area (Å²) in [5.74, 6) is 0.470. The Morgan fingerprint density at radius 3 is 2.21 bits per heavy atom. The molecule has 5 nitrogen and oxygen atoms in total. The van der Waals surface area contributed by atoms with E-state index in [0.717, 1.165) is 24.6 Å². The van der Waals surface area contributed by atoms with Crippen LogP contribution < -0.4 is 10.6 Å².